The van der Waals surface area contributed by atoms with Crippen molar-refractivity contribution in [3.8, 4) is 21.8 Å². The lowest BCUT2D eigenvalue weighted by Crippen LogP contribution is -2.36. The number of benzene rings is 1. The lowest BCUT2D eigenvalue weighted by molar-refractivity contribution is 0.102. The van der Waals surface area contributed by atoms with Crippen molar-refractivity contribution in [1.29, 1.82) is 0 Å². The molecule has 5 aromatic rings. The highest BCUT2D eigenvalue weighted by Crippen LogP contribution is 2.38. The Kier molecular flexibility index (Phi) is 6.06. The first kappa shape index (κ1) is 22.3. The second-order valence-electron chi connectivity index (χ2n) is 8.31. The van der Waals surface area contributed by atoms with Gasteiger partial charge in [0.25, 0.3) is 5.91 Å². The van der Waals surface area contributed by atoms with Crippen molar-refractivity contribution in [2.75, 3.05) is 36.5 Å². The van der Waals surface area contributed by atoms with Crippen LogP contribution >= 0.6 is 11.3 Å². The molecule has 0 spiro atoms. The molecule has 5 heterocycles. The largest absolute Gasteiger partial charge is 0.378 e. The van der Waals surface area contributed by atoms with Gasteiger partial charge in [0.2, 0.25) is 0 Å². The average Bonchev–Trinajstić information content (AvgIpc) is 3.38. The second-order valence-corrected chi connectivity index (χ2v) is 9.36. The molecule has 0 bridgehead atoms. The fourth-order valence-electron chi connectivity index (χ4n) is 4.13. The van der Waals surface area contributed by atoms with Crippen LogP contribution in [0.1, 0.15) is 10.4 Å². The van der Waals surface area contributed by atoms with Gasteiger partial charge in [0.15, 0.2) is 11.6 Å². The Morgan fingerprint density at radius 2 is 1.78 bits per heavy atom. The molecular weight excluding hydrogens is 472 g/mol. The monoisotopic (exact) mass is 494 g/mol. The van der Waals surface area contributed by atoms with Crippen LogP contribution in [0.15, 0.2) is 79.4 Å². The van der Waals surface area contributed by atoms with Crippen LogP contribution in [0.4, 0.5) is 11.5 Å². The number of anilines is 2. The summed E-state index contributed by atoms with van der Waals surface area (Å²) in [5.74, 6) is 1.31. The third-order valence-electron chi connectivity index (χ3n) is 5.93. The van der Waals surface area contributed by atoms with Crippen molar-refractivity contribution in [3.05, 3.63) is 84.9 Å². The van der Waals surface area contributed by atoms with E-state index in [9.17, 15) is 4.79 Å². The van der Waals surface area contributed by atoms with Gasteiger partial charge in [-0.1, -0.05) is 12.1 Å². The van der Waals surface area contributed by atoms with E-state index in [2.05, 4.69) is 26.3 Å². The van der Waals surface area contributed by atoms with Crippen LogP contribution in [0, 0.1) is 0 Å². The molecule has 1 aromatic carbocycles. The van der Waals surface area contributed by atoms with Crippen molar-refractivity contribution >= 4 is 39.0 Å². The molecule has 178 valence electrons. The van der Waals surface area contributed by atoms with Gasteiger partial charge in [-0.2, -0.15) is 0 Å². The minimum atomic E-state index is -0.217. The summed E-state index contributed by atoms with van der Waals surface area (Å²) in [7, 11) is 0. The molecule has 0 radical (unpaired) electrons. The Balaban J connectivity index is 1.40. The van der Waals surface area contributed by atoms with Gasteiger partial charge in [-0.3, -0.25) is 14.8 Å². The summed E-state index contributed by atoms with van der Waals surface area (Å²) < 4.78 is 6.63. The number of hydrogen-bond donors (Lipinski definition) is 1. The summed E-state index contributed by atoms with van der Waals surface area (Å²) in [6.45, 7) is 2.88. The molecule has 0 aliphatic carbocycles. The molecule has 1 aliphatic rings. The molecule has 1 saturated heterocycles. The first-order valence-electron chi connectivity index (χ1n) is 11.6. The Bertz CT molecular complexity index is 1520. The van der Waals surface area contributed by atoms with E-state index < -0.39 is 0 Å². The molecule has 0 unspecified atom stereocenters. The number of aromatic nitrogens is 4. The van der Waals surface area contributed by atoms with Crippen molar-refractivity contribution < 1.29 is 9.53 Å². The number of carbonyl (C=O) groups excluding carboxylic acids is 1. The second kappa shape index (κ2) is 9.80. The third kappa shape index (κ3) is 4.53. The predicted octanol–water partition coefficient (Wildman–Crippen LogP) is 4.90. The first-order valence-corrected chi connectivity index (χ1v) is 12.4. The summed E-state index contributed by atoms with van der Waals surface area (Å²) in [6.07, 6.45) is 6.78. The zero-order valence-corrected chi connectivity index (χ0v) is 20.1. The van der Waals surface area contributed by atoms with Gasteiger partial charge in [0.1, 0.15) is 0 Å². The molecule has 1 aliphatic heterocycles. The number of thiophene rings is 1. The number of morpholine rings is 1. The van der Waals surface area contributed by atoms with Crippen LogP contribution in [-0.4, -0.2) is 52.1 Å². The van der Waals surface area contributed by atoms with Gasteiger partial charge in [0.05, 0.1) is 29.0 Å². The van der Waals surface area contributed by atoms with E-state index in [1.165, 1.54) is 0 Å². The fraction of sp³-hybridized carbons (Fsp3) is 0.148. The minimum absolute atomic E-state index is 0.217. The molecule has 6 rings (SSSR count). The Morgan fingerprint density at radius 3 is 2.58 bits per heavy atom. The molecule has 0 saturated carbocycles. The number of carbonyl (C=O) groups is 1. The number of amides is 1. The SMILES string of the molecule is O=C(Nc1cccc(-c2nc(N3CCOCC3)c3sc(-c4ccncc4)cc3n2)c1)c1cccnc1. The maximum atomic E-state index is 12.6. The van der Waals surface area contributed by atoms with Crippen LogP contribution in [0.5, 0.6) is 0 Å². The number of pyridine rings is 2. The van der Waals surface area contributed by atoms with Gasteiger partial charge >= 0.3 is 0 Å². The molecule has 1 fully saturated rings. The molecule has 1 N–H and O–H groups in total. The topological polar surface area (TPSA) is 93.1 Å². The third-order valence-corrected chi connectivity index (χ3v) is 7.10. The highest BCUT2D eigenvalue weighted by atomic mass is 32.1. The highest BCUT2D eigenvalue weighted by molar-refractivity contribution is 7.22. The van der Waals surface area contributed by atoms with E-state index in [0.717, 1.165) is 45.1 Å². The zero-order valence-electron chi connectivity index (χ0n) is 19.3. The smallest absolute Gasteiger partial charge is 0.257 e. The predicted molar refractivity (Wildman–Crippen MR) is 141 cm³/mol. The maximum Gasteiger partial charge on any atom is 0.257 e. The van der Waals surface area contributed by atoms with Gasteiger partial charge in [-0.15, -0.1) is 11.3 Å². The molecule has 9 heteroatoms. The van der Waals surface area contributed by atoms with Crippen LogP contribution < -0.4 is 10.2 Å². The van der Waals surface area contributed by atoms with Crippen molar-refractivity contribution in [1.82, 2.24) is 19.9 Å². The van der Waals surface area contributed by atoms with Gasteiger partial charge in [-0.05, 0) is 48.0 Å². The van der Waals surface area contributed by atoms with E-state index in [1.807, 2.05) is 36.4 Å². The Labute approximate surface area is 211 Å². The van der Waals surface area contributed by atoms with Gasteiger partial charge < -0.3 is 15.0 Å². The van der Waals surface area contributed by atoms with E-state index >= 15 is 0 Å². The molecular formula is C27H22N6O2S. The molecule has 1 amide bonds. The number of rotatable bonds is 5. The highest BCUT2D eigenvalue weighted by Gasteiger charge is 2.21. The lowest BCUT2D eigenvalue weighted by Gasteiger charge is -2.28. The van der Waals surface area contributed by atoms with Crippen LogP contribution in [0.2, 0.25) is 0 Å². The van der Waals surface area contributed by atoms with Crippen molar-refractivity contribution in [2.45, 2.75) is 0 Å². The van der Waals surface area contributed by atoms with Gasteiger partial charge in [0, 0.05) is 54.0 Å². The molecule has 8 nitrogen and oxygen atoms in total. The van der Waals surface area contributed by atoms with Crippen molar-refractivity contribution in [3.63, 3.8) is 0 Å². The van der Waals surface area contributed by atoms with Crippen LogP contribution in [0.25, 0.3) is 32.0 Å². The molecule has 36 heavy (non-hydrogen) atoms. The quantitative estimate of drug-likeness (QED) is 0.371. The number of hydrogen-bond acceptors (Lipinski definition) is 8. The Hall–Kier alpha value is -4.21. The molecule has 4 aromatic heterocycles. The maximum absolute atomic E-state index is 12.6. The number of fused-ring (bicyclic) bond motifs is 1. The summed E-state index contributed by atoms with van der Waals surface area (Å²) >= 11 is 1.69. The van der Waals surface area contributed by atoms with Crippen LogP contribution in [-0.2, 0) is 4.74 Å². The Morgan fingerprint density at radius 1 is 0.917 bits per heavy atom. The van der Waals surface area contributed by atoms with Gasteiger partial charge in [-0.25, -0.2) is 9.97 Å². The normalized spacial score (nSPS) is 13.6. The number of nitrogens with zero attached hydrogens (tertiary/aromatic N) is 5. The van der Waals surface area contributed by atoms with E-state index in [1.54, 1.807) is 48.3 Å². The van der Waals surface area contributed by atoms with Crippen molar-refractivity contribution in [2.24, 2.45) is 0 Å². The summed E-state index contributed by atoms with van der Waals surface area (Å²) in [5.41, 5.74) is 3.98. The summed E-state index contributed by atoms with van der Waals surface area (Å²) in [4.78, 5) is 34.1. The van der Waals surface area contributed by atoms with E-state index in [0.29, 0.717) is 30.3 Å². The zero-order chi connectivity index (χ0) is 24.3. The summed E-state index contributed by atoms with van der Waals surface area (Å²) in [5, 5.41) is 2.94. The average molecular weight is 495 g/mol. The molecule has 0 atom stereocenters. The lowest BCUT2D eigenvalue weighted by atomic mass is 10.1. The van der Waals surface area contributed by atoms with Crippen LogP contribution in [0.3, 0.4) is 0 Å². The number of ether oxygens (including phenoxy) is 1. The standard InChI is InChI=1S/C27H22N6O2S/c34-27(20-4-2-8-29-17-20)30-21-5-1-3-19(15-21)25-31-22-16-23(18-6-9-28-10-7-18)36-24(22)26(32-25)33-11-13-35-14-12-33/h1-10,15-17H,11-14H2,(H,30,34). The fourth-order valence-corrected chi connectivity index (χ4v) is 5.25. The van der Waals surface area contributed by atoms with E-state index in [4.69, 9.17) is 14.7 Å². The first-order chi connectivity index (χ1) is 17.7. The summed E-state index contributed by atoms with van der Waals surface area (Å²) in [6, 6.07) is 17.2. The minimum Gasteiger partial charge on any atom is -0.378 e. The number of nitrogens with one attached hydrogen (secondary N) is 1. The van der Waals surface area contributed by atoms with E-state index in [-0.39, 0.29) is 5.91 Å².